The molecule has 0 aromatic rings. The maximum Gasteiger partial charge on any atom is 0.302 e. The highest BCUT2D eigenvalue weighted by Gasteiger charge is 2.69. The monoisotopic (exact) mass is 580 g/mol. The van der Waals surface area contributed by atoms with Gasteiger partial charge < -0.3 is 14.5 Å². The number of hydrogen-bond donors (Lipinski definition) is 0. The fourth-order valence-electron chi connectivity index (χ4n) is 12.3. The summed E-state index contributed by atoms with van der Waals surface area (Å²) in [6, 6.07) is 0. The lowest BCUT2D eigenvalue weighted by atomic mass is 9.33. The van der Waals surface area contributed by atoms with Crippen LogP contribution in [0.2, 0.25) is 0 Å². The van der Waals surface area contributed by atoms with Gasteiger partial charge in [0.15, 0.2) is 0 Å². The molecule has 4 saturated carbocycles. The molecule has 8 atom stereocenters. The molecule has 1 amide bonds. The van der Waals surface area contributed by atoms with Crippen molar-refractivity contribution in [3.63, 3.8) is 0 Å². The van der Waals surface area contributed by atoms with E-state index in [4.69, 9.17) is 4.74 Å². The number of carbonyl (C=O) groups is 2. The van der Waals surface area contributed by atoms with E-state index < -0.39 is 0 Å². The first-order chi connectivity index (χ1) is 19.5. The summed E-state index contributed by atoms with van der Waals surface area (Å²) in [4.78, 5) is 31.3. The van der Waals surface area contributed by atoms with Gasteiger partial charge in [0.1, 0.15) is 6.10 Å². The Balaban J connectivity index is 1.37. The van der Waals surface area contributed by atoms with E-state index in [-0.39, 0.29) is 44.6 Å². The second-order valence-electron chi connectivity index (χ2n) is 17.9. The molecule has 0 spiro atoms. The molecule has 42 heavy (non-hydrogen) atoms. The number of likely N-dealkylation sites (N-methyl/N-ethyl adjacent to an activating group) is 1. The third-order valence-corrected chi connectivity index (χ3v) is 15.1. The van der Waals surface area contributed by atoms with E-state index in [1.807, 2.05) is 0 Å². The minimum absolute atomic E-state index is 0.0167. The van der Waals surface area contributed by atoms with Gasteiger partial charge in [-0.1, -0.05) is 60.1 Å². The van der Waals surface area contributed by atoms with Crippen molar-refractivity contribution in [2.75, 3.05) is 33.2 Å². The van der Waals surface area contributed by atoms with E-state index in [2.05, 4.69) is 71.4 Å². The van der Waals surface area contributed by atoms with Crippen molar-refractivity contribution in [1.29, 1.82) is 0 Å². The van der Waals surface area contributed by atoms with E-state index in [1.54, 1.807) is 12.5 Å². The Morgan fingerprint density at radius 1 is 0.833 bits per heavy atom. The summed E-state index contributed by atoms with van der Waals surface area (Å²) >= 11 is 0. The second kappa shape index (κ2) is 9.82. The van der Waals surface area contributed by atoms with Crippen molar-refractivity contribution < 1.29 is 14.3 Å². The highest BCUT2D eigenvalue weighted by Crippen LogP contribution is 2.76. The number of allylic oxidation sites excluding steroid dienone is 2. The van der Waals surface area contributed by atoms with Gasteiger partial charge in [0.25, 0.3) is 0 Å². The van der Waals surface area contributed by atoms with Crippen LogP contribution in [0.25, 0.3) is 0 Å². The molecule has 5 fully saturated rings. The van der Waals surface area contributed by atoms with Gasteiger partial charge in [0.05, 0.1) is 5.41 Å². The van der Waals surface area contributed by atoms with Crippen LogP contribution in [0.1, 0.15) is 120 Å². The third kappa shape index (κ3) is 4.24. The summed E-state index contributed by atoms with van der Waals surface area (Å²) in [5, 5.41) is 0. The fourth-order valence-corrected chi connectivity index (χ4v) is 12.3. The number of rotatable bonds is 2. The van der Waals surface area contributed by atoms with Crippen molar-refractivity contribution in [2.24, 2.45) is 50.2 Å². The average molecular weight is 581 g/mol. The Morgan fingerprint density at radius 3 is 2.17 bits per heavy atom. The molecule has 3 unspecified atom stereocenters. The number of hydrogen-bond acceptors (Lipinski definition) is 4. The SMILES string of the molecule is CC(=O)O[C@H]1CC[C@@]2(C)C(CC[C@]3(C)C2CC=C2C4CC(C)(C)CC[C@]4(C(=O)N4CCN(C)CC4)CC[C@]23C)C1(C)C. The molecule has 0 bridgehead atoms. The van der Waals surface area contributed by atoms with Crippen LogP contribution in [-0.2, 0) is 14.3 Å². The number of ether oxygens (including phenoxy) is 1. The van der Waals surface area contributed by atoms with E-state index in [9.17, 15) is 9.59 Å². The van der Waals surface area contributed by atoms with Gasteiger partial charge in [0, 0.05) is 38.5 Å². The minimum Gasteiger partial charge on any atom is -0.462 e. The lowest BCUT2D eigenvalue weighted by Gasteiger charge is -2.71. The maximum absolute atomic E-state index is 14.6. The highest BCUT2D eigenvalue weighted by molar-refractivity contribution is 5.84. The normalized spacial score (nSPS) is 46.3. The standard InChI is InChI=1S/C37H60N2O3/c1-25(40)42-30-13-14-34(6)28(33(30,4)5)12-15-36(8)29(34)11-10-26-27-24-32(2,3)16-18-37(27,19-17-35(26,36)7)31(41)39-22-20-38(9)21-23-39/h10,27-30H,11-24H2,1-9H3/t27?,28?,29?,30-,34-,35+,36+,37-/m0/s1. The van der Waals surface area contributed by atoms with Crippen molar-refractivity contribution in [2.45, 2.75) is 126 Å². The fraction of sp³-hybridized carbons (Fsp3) is 0.892. The van der Waals surface area contributed by atoms with E-state index in [1.165, 1.54) is 12.8 Å². The topological polar surface area (TPSA) is 49.9 Å². The molecule has 5 aliphatic carbocycles. The van der Waals surface area contributed by atoms with Crippen LogP contribution < -0.4 is 0 Å². The zero-order chi connectivity index (χ0) is 30.5. The third-order valence-electron chi connectivity index (χ3n) is 15.1. The predicted molar refractivity (Wildman–Crippen MR) is 169 cm³/mol. The molecular formula is C37H60N2O3. The predicted octanol–water partition coefficient (Wildman–Crippen LogP) is 7.49. The van der Waals surface area contributed by atoms with E-state index >= 15 is 0 Å². The summed E-state index contributed by atoms with van der Waals surface area (Å²) in [6.07, 6.45) is 13.9. The second-order valence-corrected chi connectivity index (χ2v) is 17.9. The van der Waals surface area contributed by atoms with Crippen molar-refractivity contribution in [3.05, 3.63) is 11.6 Å². The van der Waals surface area contributed by atoms with Crippen molar-refractivity contribution in [3.8, 4) is 0 Å². The minimum atomic E-state index is -0.217. The number of esters is 1. The molecule has 0 aromatic heterocycles. The number of fused-ring (bicyclic) bond motifs is 7. The number of amides is 1. The van der Waals surface area contributed by atoms with Crippen LogP contribution in [0.5, 0.6) is 0 Å². The van der Waals surface area contributed by atoms with Gasteiger partial charge in [-0.15, -0.1) is 0 Å². The zero-order valence-electron chi connectivity index (χ0n) is 28.4. The quantitative estimate of drug-likeness (QED) is 0.251. The Morgan fingerprint density at radius 2 is 1.50 bits per heavy atom. The van der Waals surface area contributed by atoms with Gasteiger partial charge >= 0.3 is 5.97 Å². The van der Waals surface area contributed by atoms with Crippen LogP contribution in [0.4, 0.5) is 0 Å². The molecule has 236 valence electrons. The molecule has 0 aromatic carbocycles. The van der Waals surface area contributed by atoms with E-state index in [0.29, 0.717) is 23.7 Å². The summed E-state index contributed by atoms with van der Waals surface area (Å²) in [6.45, 7) is 22.8. The number of carbonyl (C=O) groups excluding carboxylic acids is 2. The van der Waals surface area contributed by atoms with Crippen molar-refractivity contribution >= 4 is 11.9 Å². The van der Waals surface area contributed by atoms with Crippen LogP contribution in [0.3, 0.4) is 0 Å². The molecule has 1 saturated heterocycles. The molecular weight excluding hydrogens is 520 g/mol. The molecule has 5 nitrogen and oxygen atoms in total. The van der Waals surface area contributed by atoms with Crippen molar-refractivity contribution in [1.82, 2.24) is 9.80 Å². The van der Waals surface area contributed by atoms with Gasteiger partial charge in [0.2, 0.25) is 5.91 Å². The Labute approximate surface area is 256 Å². The Hall–Kier alpha value is -1.36. The molecule has 6 rings (SSSR count). The molecule has 0 radical (unpaired) electrons. The number of piperazine rings is 1. The lowest BCUT2D eigenvalue weighted by molar-refractivity contribution is -0.212. The van der Waals surface area contributed by atoms with Crippen LogP contribution >= 0.6 is 0 Å². The lowest BCUT2D eigenvalue weighted by Crippen LogP contribution is -2.66. The molecule has 1 heterocycles. The van der Waals surface area contributed by atoms with Gasteiger partial charge in [-0.05, 0) is 111 Å². The Bertz CT molecular complexity index is 1150. The summed E-state index contributed by atoms with van der Waals surface area (Å²) in [5.41, 5.74) is 2.28. The van der Waals surface area contributed by atoms with E-state index in [0.717, 1.165) is 77.5 Å². The first kappa shape index (κ1) is 30.7. The summed E-state index contributed by atoms with van der Waals surface area (Å²) in [7, 11) is 2.18. The van der Waals surface area contributed by atoms with Crippen LogP contribution in [0, 0.1) is 50.2 Å². The number of nitrogens with zero attached hydrogens (tertiary/aromatic N) is 2. The maximum atomic E-state index is 14.6. The first-order valence-corrected chi connectivity index (χ1v) is 17.4. The van der Waals surface area contributed by atoms with Crippen LogP contribution in [0.15, 0.2) is 11.6 Å². The highest BCUT2D eigenvalue weighted by atomic mass is 16.5. The molecule has 1 aliphatic heterocycles. The molecule has 6 aliphatic rings. The van der Waals surface area contributed by atoms with Gasteiger partial charge in [-0.2, -0.15) is 0 Å². The van der Waals surface area contributed by atoms with Gasteiger partial charge in [-0.3, -0.25) is 9.59 Å². The summed E-state index contributed by atoms with van der Waals surface area (Å²) in [5.74, 6) is 1.88. The average Bonchev–Trinajstić information content (AvgIpc) is 2.90. The molecule has 0 N–H and O–H groups in total. The zero-order valence-corrected chi connectivity index (χ0v) is 28.4. The first-order valence-electron chi connectivity index (χ1n) is 17.4. The summed E-state index contributed by atoms with van der Waals surface area (Å²) < 4.78 is 5.95. The Kier molecular flexibility index (Phi) is 7.17. The van der Waals surface area contributed by atoms with Gasteiger partial charge in [-0.25, -0.2) is 0 Å². The molecule has 5 heteroatoms. The smallest absolute Gasteiger partial charge is 0.302 e. The van der Waals surface area contributed by atoms with Crippen LogP contribution in [-0.4, -0.2) is 61.0 Å². The largest absolute Gasteiger partial charge is 0.462 e.